The highest BCUT2D eigenvalue weighted by atomic mass is 16.5. The molecule has 2 heterocycles. The number of benzene rings is 2. The minimum atomic E-state index is -0.676. The van der Waals surface area contributed by atoms with E-state index in [0.717, 1.165) is 24.1 Å². The summed E-state index contributed by atoms with van der Waals surface area (Å²) in [6.45, 7) is 5.47. The summed E-state index contributed by atoms with van der Waals surface area (Å²) in [7, 11) is 0. The lowest BCUT2D eigenvalue weighted by Gasteiger charge is -2.36. The molecular formula is C30H39N3O5. The maximum atomic E-state index is 13.9. The molecule has 0 radical (unpaired) electrons. The van der Waals surface area contributed by atoms with Crippen molar-refractivity contribution >= 4 is 17.8 Å². The molecule has 2 aliphatic heterocycles. The summed E-state index contributed by atoms with van der Waals surface area (Å²) in [4.78, 5) is 41.6. The highest BCUT2D eigenvalue weighted by Gasteiger charge is 2.49. The highest BCUT2D eigenvalue weighted by Crippen LogP contribution is 2.35. The molecule has 2 saturated heterocycles. The van der Waals surface area contributed by atoms with E-state index in [1.54, 1.807) is 18.7 Å². The normalized spacial score (nSPS) is 22.3. The minimum absolute atomic E-state index is 0.0832. The highest BCUT2D eigenvalue weighted by molar-refractivity contribution is 5.89. The van der Waals surface area contributed by atoms with E-state index >= 15 is 0 Å². The molecule has 0 spiro atoms. The van der Waals surface area contributed by atoms with Crippen LogP contribution in [0.1, 0.15) is 44.2 Å². The van der Waals surface area contributed by atoms with Crippen molar-refractivity contribution in [2.24, 2.45) is 5.92 Å². The number of hydrogen-bond donors (Lipinski definition) is 2. The molecule has 2 aromatic carbocycles. The molecule has 0 aliphatic carbocycles. The van der Waals surface area contributed by atoms with Gasteiger partial charge in [0.25, 0.3) is 0 Å². The van der Waals surface area contributed by atoms with Gasteiger partial charge in [0, 0.05) is 12.6 Å². The van der Waals surface area contributed by atoms with Crippen LogP contribution in [0.3, 0.4) is 0 Å². The number of nitrogens with one attached hydrogen (secondary N) is 2. The van der Waals surface area contributed by atoms with Crippen molar-refractivity contribution in [2.75, 3.05) is 19.7 Å². The molecule has 2 aromatic rings. The van der Waals surface area contributed by atoms with Gasteiger partial charge in [0.1, 0.15) is 18.7 Å². The van der Waals surface area contributed by atoms with Crippen LogP contribution in [-0.2, 0) is 36.9 Å². The Hall–Kier alpha value is -3.23. The Morgan fingerprint density at radius 2 is 1.71 bits per heavy atom. The number of fused-ring (bicyclic) bond motifs is 1. The second-order valence-electron chi connectivity index (χ2n) is 10.1. The van der Waals surface area contributed by atoms with Gasteiger partial charge in [0.15, 0.2) is 0 Å². The number of piperidine rings is 1. The van der Waals surface area contributed by atoms with Crippen LogP contribution in [0.4, 0.5) is 0 Å². The molecule has 1 amide bonds. The molecule has 2 fully saturated rings. The summed E-state index contributed by atoms with van der Waals surface area (Å²) < 4.78 is 11.0. The lowest BCUT2D eigenvalue weighted by Crippen LogP contribution is -2.58. The summed E-state index contributed by atoms with van der Waals surface area (Å²) in [6, 6.07) is 17.4. The Bertz CT molecular complexity index is 1060. The smallest absolute Gasteiger partial charge is 0.329 e. The Labute approximate surface area is 225 Å². The second kappa shape index (κ2) is 13.5. The maximum absolute atomic E-state index is 13.9. The number of aryl methyl sites for hydroxylation is 1. The zero-order valence-electron chi connectivity index (χ0n) is 22.3. The Balaban J connectivity index is 1.45. The fourth-order valence-electron chi connectivity index (χ4n) is 5.54. The lowest BCUT2D eigenvalue weighted by molar-refractivity contribution is -0.156. The van der Waals surface area contributed by atoms with Crippen LogP contribution in [0, 0.1) is 5.92 Å². The molecule has 2 N–H and O–H groups in total. The monoisotopic (exact) mass is 521 g/mol. The molecule has 0 bridgehead atoms. The number of ether oxygens (including phenoxy) is 2. The van der Waals surface area contributed by atoms with Crippen LogP contribution in [0.5, 0.6) is 0 Å². The Morgan fingerprint density at radius 3 is 2.39 bits per heavy atom. The SMILES string of the molecule is CCOC(=O)C(CCc1ccccc1)N[C@@H](C)C(=O)N1C(C(=O)OCc2ccccc2)CC2CCNCC21. The third kappa shape index (κ3) is 6.99. The van der Waals surface area contributed by atoms with Crippen LogP contribution in [0.15, 0.2) is 60.7 Å². The fraction of sp³-hybridized carbons (Fsp3) is 0.500. The molecular weight excluding hydrogens is 482 g/mol. The van der Waals surface area contributed by atoms with Crippen molar-refractivity contribution in [3.63, 3.8) is 0 Å². The zero-order chi connectivity index (χ0) is 26.9. The third-order valence-corrected chi connectivity index (χ3v) is 7.52. The van der Waals surface area contributed by atoms with Gasteiger partial charge in [0.05, 0.1) is 12.6 Å². The predicted octanol–water partition coefficient (Wildman–Crippen LogP) is 2.85. The Kier molecular flexibility index (Phi) is 9.90. The van der Waals surface area contributed by atoms with Crippen molar-refractivity contribution in [3.05, 3.63) is 71.8 Å². The van der Waals surface area contributed by atoms with Gasteiger partial charge in [-0.1, -0.05) is 60.7 Å². The van der Waals surface area contributed by atoms with Crippen molar-refractivity contribution in [3.8, 4) is 0 Å². The van der Waals surface area contributed by atoms with Gasteiger partial charge in [-0.25, -0.2) is 4.79 Å². The van der Waals surface area contributed by atoms with Gasteiger partial charge in [-0.2, -0.15) is 0 Å². The van der Waals surface area contributed by atoms with Crippen molar-refractivity contribution in [1.82, 2.24) is 15.5 Å². The molecule has 2 aliphatic rings. The fourth-order valence-corrected chi connectivity index (χ4v) is 5.54. The Morgan fingerprint density at radius 1 is 1.03 bits per heavy atom. The largest absolute Gasteiger partial charge is 0.465 e. The number of hydrogen-bond acceptors (Lipinski definition) is 7. The first-order valence-corrected chi connectivity index (χ1v) is 13.7. The van der Waals surface area contributed by atoms with E-state index in [2.05, 4.69) is 10.6 Å². The van der Waals surface area contributed by atoms with Gasteiger partial charge in [-0.15, -0.1) is 0 Å². The molecule has 0 saturated carbocycles. The van der Waals surface area contributed by atoms with E-state index in [4.69, 9.17) is 9.47 Å². The number of esters is 2. The molecule has 4 rings (SSSR count). The summed E-state index contributed by atoms with van der Waals surface area (Å²) >= 11 is 0. The van der Waals surface area contributed by atoms with Crippen LogP contribution in [0.2, 0.25) is 0 Å². The van der Waals surface area contributed by atoms with Gasteiger partial charge < -0.3 is 19.7 Å². The molecule has 4 unspecified atom stereocenters. The van der Waals surface area contributed by atoms with E-state index in [9.17, 15) is 14.4 Å². The molecule has 204 valence electrons. The molecule has 0 aromatic heterocycles. The molecule has 38 heavy (non-hydrogen) atoms. The maximum Gasteiger partial charge on any atom is 0.329 e. The topological polar surface area (TPSA) is 97.0 Å². The predicted molar refractivity (Wildman–Crippen MR) is 144 cm³/mol. The summed E-state index contributed by atoms with van der Waals surface area (Å²) in [5.41, 5.74) is 2.01. The van der Waals surface area contributed by atoms with E-state index in [1.807, 2.05) is 60.7 Å². The average molecular weight is 522 g/mol. The number of amides is 1. The van der Waals surface area contributed by atoms with Gasteiger partial charge in [-0.3, -0.25) is 14.9 Å². The van der Waals surface area contributed by atoms with E-state index in [-0.39, 0.29) is 43.0 Å². The summed E-state index contributed by atoms with van der Waals surface area (Å²) in [6.07, 6.45) is 2.66. The number of nitrogens with zero attached hydrogens (tertiary/aromatic N) is 1. The van der Waals surface area contributed by atoms with Gasteiger partial charge >= 0.3 is 11.9 Å². The number of rotatable bonds is 11. The first-order valence-electron chi connectivity index (χ1n) is 13.7. The second-order valence-corrected chi connectivity index (χ2v) is 10.1. The molecule has 5 atom stereocenters. The lowest BCUT2D eigenvalue weighted by atomic mass is 9.92. The van der Waals surface area contributed by atoms with Gasteiger partial charge in [0.2, 0.25) is 5.91 Å². The first-order chi connectivity index (χ1) is 18.5. The average Bonchev–Trinajstić information content (AvgIpc) is 3.34. The molecule has 8 heteroatoms. The van der Waals surface area contributed by atoms with E-state index < -0.39 is 18.1 Å². The number of likely N-dealkylation sites (tertiary alicyclic amines) is 1. The summed E-state index contributed by atoms with van der Waals surface area (Å²) in [5, 5.41) is 6.59. The standard InChI is InChI=1S/C30H39N3O5/c1-3-37-29(35)25(15-14-22-10-6-4-7-11-22)32-21(2)28(34)33-26(18-24-16-17-31-19-27(24)33)30(36)38-20-23-12-8-5-9-13-23/h4-13,21,24-27,31-32H,3,14-20H2,1-2H3/t21-,24?,25?,26?,27?/m0/s1. The number of carbonyl (C=O) groups is 3. The first kappa shape index (κ1) is 27.8. The molecule has 8 nitrogen and oxygen atoms in total. The van der Waals surface area contributed by atoms with Crippen LogP contribution in [-0.4, -0.2) is 66.6 Å². The zero-order valence-corrected chi connectivity index (χ0v) is 22.3. The van der Waals surface area contributed by atoms with Crippen LogP contribution < -0.4 is 10.6 Å². The summed E-state index contributed by atoms with van der Waals surface area (Å²) in [5.74, 6) is -0.715. The van der Waals surface area contributed by atoms with Gasteiger partial charge in [-0.05, 0) is 63.1 Å². The van der Waals surface area contributed by atoms with E-state index in [1.165, 1.54) is 0 Å². The van der Waals surface area contributed by atoms with Crippen LogP contribution >= 0.6 is 0 Å². The van der Waals surface area contributed by atoms with Crippen molar-refractivity contribution in [2.45, 2.75) is 70.3 Å². The quantitative estimate of drug-likeness (QED) is 0.439. The minimum Gasteiger partial charge on any atom is -0.465 e. The van der Waals surface area contributed by atoms with Crippen molar-refractivity contribution in [1.29, 1.82) is 0 Å². The third-order valence-electron chi connectivity index (χ3n) is 7.52. The number of carbonyl (C=O) groups excluding carboxylic acids is 3. The van der Waals surface area contributed by atoms with Crippen molar-refractivity contribution < 1.29 is 23.9 Å². The van der Waals surface area contributed by atoms with Crippen LogP contribution in [0.25, 0.3) is 0 Å². The van der Waals surface area contributed by atoms with E-state index in [0.29, 0.717) is 25.8 Å².